The molecule has 0 spiro atoms. The first-order valence-electron chi connectivity index (χ1n) is 8.49. The average molecular weight is 319 g/mol. The fraction of sp³-hybridized carbons (Fsp3) is 0.706. The lowest BCUT2D eigenvalue weighted by atomic mass is 9.76. The number of hydrogen-bond donors (Lipinski definition) is 1. The first-order valence-corrected chi connectivity index (χ1v) is 8.49. The lowest BCUT2D eigenvalue weighted by Crippen LogP contribution is -2.42. The summed E-state index contributed by atoms with van der Waals surface area (Å²) in [7, 11) is 0. The predicted molar refractivity (Wildman–Crippen MR) is 85.0 cm³/mol. The summed E-state index contributed by atoms with van der Waals surface area (Å²) >= 11 is 0. The van der Waals surface area contributed by atoms with Crippen molar-refractivity contribution in [2.24, 2.45) is 11.3 Å². The van der Waals surface area contributed by atoms with E-state index < -0.39 is 5.41 Å². The van der Waals surface area contributed by atoms with Crippen molar-refractivity contribution >= 4 is 11.9 Å². The second kappa shape index (κ2) is 5.98. The van der Waals surface area contributed by atoms with Crippen LogP contribution in [0, 0.1) is 11.3 Å². The van der Waals surface area contributed by atoms with Gasteiger partial charge in [0.05, 0.1) is 29.5 Å². The van der Waals surface area contributed by atoms with Gasteiger partial charge in [0.1, 0.15) is 0 Å². The van der Waals surface area contributed by atoms with Gasteiger partial charge in [0.2, 0.25) is 0 Å². The molecule has 1 aromatic rings. The highest BCUT2D eigenvalue weighted by Crippen LogP contribution is 2.42. The van der Waals surface area contributed by atoms with Gasteiger partial charge in [0, 0.05) is 19.0 Å². The zero-order valence-electron chi connectivity index (χ0n) is 14.1. The van der Waals surface area contributed by atoms with E-state index in [0.29, 0.717) is 37.6 Å². The number of aromatic nitrogens is 2. The Morgan fingerprint density at radius 2 is 2.22 bits per heavy atom. The Bertz CT molecular complexity index is 606. The van der Waals surface area contributed by atoms with Gasteiger partial charge >= 0.3 is 5.97 Å². The minimum Gasteiger partial charge on any atom is -0.466 e. The average Bonchev–Trinajstić information content (AvgIpc) is 3.08. The highest BCUT2D eigenvalue weighted by molar-refractivity contribution is 5.96. The van der Waals surface area contributed by atoms with E-state index in [1.54, 1.807) is 11.1 Å². The number of likely N-dealkylation sites (tertiary alicyclic amines) is 1. The van der Waals surface area contributed by atoms with E-state index in [1.165, 1.54) is 0 Å². The molecule has 1 unspecified atom stereocenters. The fourth-order valence-electron chi connectivity index (χ4n) is 3.48. The molecule has 2 fully saturated rings. The van der Waals surface area contributed by atoms with Crippen molar-refractivity contribution in [3.63, 3.8) is 0 Å². The van der Waals surface area contributed by atoms with E-state index in [4.69, 9.17) is 4.74 Å². The SMILES string of the molecule is CCOC(=O)C1(C(C)C)CCN(C(=O)c2cn[nH]c2C2CC2)C1. The number of H-pyrrole nitrogens is 1. The van der Waals surface area contributed by atoms with Crippen LogP contribution in [0.15, 0.2) is 6.20 Å². The molecule has 3 rings (SSSR count). The van der Waals surface area contributed by atoms with Gasteiger partial charge < -0.3 is 9.64 Å². The Morgan fingerprint density at radius 3 is 2.83 bits per heavy atom. The van der Waals surface area contributed by atoms with Crippen LogP contribution < -0.4 is 0 Å². The molecule has 126 valence electrons. The van der Waals surface area contributed by atoms with E-state index in [-0.39, 0.29) is 17.8 Å². The van der Waals surface area contributed by atoms with Gasteiger partial charge in [-0.3, -0.25) is 14.7 Å². The minimum atomic E-state index is -0.588. The Kier molecular flexibility index (Phi) is 4.17. The molecule has 1 aliphatic carbocycles. The maximum absolute atomic E-state index is 12.9. The quantitative estimate of drug-likeness (QED) is 0.845. The zero-order chi connectivity index (χ0) is 16.6. The maximum atomic E-state index is 12.9. The third kappa shape index (κ3) is 2.75. The first-order chi connectivity index (χ1) is 11.0. The number of amides is 1. The summed E-state index contributed by atoms with van der Waals surface area (Å²) in [6.45, 7) is 7.26. The van der Waals surface area contributed by atoms with Gasteiger partial charge in [0.25, 0.3) is 5.91 Å². The molecule has 1 saturated carbocycles. The molecule has 1 atom stereocenters. The molecule has 23 heavy (non-hydrogen) atoms. The van der Waals surface area contributed by atoms with Crippen molar-refractivity contribution in [1.29, 1.82) is 0 Å². The second-order valence-electron chi connectivity index (χ2n) is 6.98. The van der Waals surface area contributed by atoms with Crippen molar-refractivity contribution in [2.45, 2.75) is 46.0 Å². The van der Waals surface area contributed by atoms with Crippen LogP contribution >= 0.6 is 0 Å². The molecule has 0 radical (unpaired) electrons. The monoisotopic (exact) mass is 319 g/mol. The lowest BCUT2D eigenvalue weighted by Gasteiger charge is -2.30. The molecular formula is C17H25N3O3. The molecule has 2 aliphatic rings. The first kappa shape index (κ1) is 16.0. The fourth-order valence-corrected chi connectivity index (χ4v) is 3.48. The summed E-state index contributed by atoms with van der Waals surface area (Å²) in [5, 5.41) is 7.02. The molecule has 2 heterocycles. The van der Waals surface area contributed by atoms with E-state index >= 15 is 0 Å². The normalized spacial score (nSPS) is 24.3. The molecular weight excluding hydrogens is 294 g/mol. The molecule has 1 saturated heterocycles. The summed E-state index contributed by atoms with van der Waals surface area (Å²) in [4.78, 5) is 27.1. The summed E-state index contributed by atoms with van der Waals surface area (Å²) in [5.74, 6) is 0.373. The Hall–Kier alpha value is -1.85. The van der Waals surface area contributed by atoms with Gasteiger partial charge in [-0.15, -0.1) is 0 Å². The van der Waals surface area contributed by atoms with Gasteiger partial charge in [-0.05, 0) is 32.1 Å². The molecule has 1 N–H and O–H groups in total. The van der Waals surface area contributed by atoms with Crippen LogP contribution in [0.25, 0.3) is 0 Å². The highest BCUT2D eigenvalue weighted by atomic mass is 16.5. The van der Waals surface area contributed by atoms with E-state index in [1.807, 2.05) is 20.8 Å². The summed E-state index contributed by atoms with van der Waals surface area (Å²) in [5.41, 5.74) is 1.03. The van der Waals surface area contributed by atoms with Crippen LogP contribution in [0.2, 0.25) is 0 Å². The van der Waals surface area contributed by atoms with Crippen LogP contribution in [-0.4, -0.2) is 46.7 Å². The Morgan fingerprint density at radius 1 is 1.48 bits per heavy atom. The number of rotatable bonds is 5. The number of esters is 1. The zero-order valence-corrected chi connectivity index (χ0v) is 14.1. The largest absolute Gasteiger partial charge is 0.466 e. The number of hydrogen-bond acceptors (Lipinski definition) is 4. The molecule has 1 amide bonds. The molecule has 0 bridgehead atoms. The van der Waals surface area contributed by atoms with E-state index in [2.05, 4.69) is 10.2 Å². The molecule has 1 aliphatic heterocycles. The van der Waals surface area contributed by atoms with Crippen molar-refractivity contribution in [3.05, 3.63) is 17.5 Å². The summed E-state index contributed by atoms with van der Waals surface area (Å²) in [6, 6.07) is 0. The number of carbonyl (C=O) groups excluding carboxylic acids is 2. The van der Waals surface area contributed by atoms with Crippen molar-refractivity contribution in [1.82, 2.24) is 15.1 Å². The molecule has 6 nitrogen and oxygen atoms in total. The van der Waals surface area contributed by atoms with Gasteiger partial charge in [-0.2, -0.15) is 5.10 Å². The number of nitrogens with zero attached hydrogens (tertiary/aromatic N) is 2. The van der Waals surface area contributed by atoms with Crippen LogP contribution in [0.1, 0.15) is 62.0 Å². The summed E-state index contributed by atoms with van der Waals surface area (Å²) in [6.07, 6.45) is 4.50. The Labute approximate surface area is 136 Å². The summed E-state index contributed by atoms with van der Waals surface area (Å²) < 4.78 is 5.29. The van der Waals surface area contributed by atoms with Crippen LogP contribution in [0.3, 0.4) is 0 Å². The standard InChI is InChI=1S/C17H25N3O3/c1-4-23-16(22)17(11(2)3)7-8-20(10-17)15(21)13-9-18-19-14(13)12-5-6-12/h9,11-12H,4-8,10H2,1-3H3,(H,18,19). The van der Waals surface area contributed by atoms with Gasteiger partial charge in [-0.1, -0.05) is 13.8 Å². The third-order valence-electron chi connectivity index (χ3n) is 5.26. The number of ether oxygens (including phenoxy) is 1. The third-order valence-corrected chi connectivity index (χ3v) is 5.26. The number of nitrogens with one attached hydrogen (secondary N) is 1. The predicted octanol–water partition coefficient (Wildman–Crippen LogP) is 2.34. The molecule has 1 aromatic heterocycles. The maximum Gasteiger partial charge on any atom is 0.314 e. The second-order valence-corrected chi connectivity index (χ2v) is 6.98. The van der Waals surface area contributed by atoms with Crippen molar-refractivity contribution in [2.75, 3.05) is 19.7 Å². The molecule has 6 heteroatoms. The van der Waals surface area contributed by atoms with Gasteiger partial charge in [0.15, 0.2) is 0 Å². The minimum absolute atomic E-state index is 0.0209. The highest BCUT2D eigenvalue weighted by Gasteiger charge is 2.50. The van der Waals surface area contributed by atoms with Crippen LogP contribution in [-0.2, 0) is 9.53 Å². The van der Waals surface area contributed by atoms with E-state index in [0.717, 1.165) is 18.5 Å². The number of carbonyl (C=O) groups is 2. The van der Waals surface area contributed by atoms with Crippen LogP contribution in [0.4, 0.5) is 0 Å². The number of aromatic amines is 1. The molecule has 0 aromatic carbocycles. The lowest BCUT2D eigenvalue weighted by molar-refractivity contribution is -0.157. The van der Waals surface area contributed by atoms with Crippen LogP contribution in [0.5, 0.6) is 0 Å². The smallest absolute Gasteiger partial charge is 0.314 e. The Balaban J connectivity index is 1.78. The van der Waals surface area contributed by atoms with Crippen molar-refractivity contribution in [3.8, 4) is 0 Å². The van der Waals surface area contributed by atoms with Gasteiger partial charge in [-0.25, -0.2) is 0 Å². The van der Waals surface area contributed by atoms with E-state index in [9.17, 15) is 9.59 Å². The van der Waals surface area contributed by atoms with Crippen molar-refractivity contribution < 1.29 is 14.3 Å². The topological polar surface area (TPSA) is 75.3 Å².